The summed E-state index contributed by atoms with van der Waals surface area (Å²) in [7, 11) is 0. The van der Waals surface area contributed by atoms with E-state index in [2.05, 4.69) is 5.32 Å². The molecule has 128 valence electrons. The lowest BCUT2D eigenvalue weighted by atomic mass is 10.2. The quantitative estimate of drug-likeness (QED) is 0.754. The molecule has 0 aliphatic rings. The molecule has 2 aromatic carbocycles. The second-order valence-corrected chi connectivity index (χ2v) is 5.84. The van der Waals surface area contributed by atoms with Crippen molar-refractivity contribution >= 4 is 23.4 Å². The Kier molecular flexibility index (Phi) is 6.14. The zero-order valence-corrected chi connectivity index (χ0v) is 13.7. The Labute approximate surface area is 142 Å². The molecule has 0 spiro atoms. The smallest absolute Gasteiger partial charge is 0.416 e. The average Bonchev–Trinajstić information content (AvgIpc) is 2.54. The van der Waals surface area contributed by atoms with Gasteiger partial charge in [0, 0.05) is 4.90 Å². The molecule has 0 radical (unpaired) electrons. The maximum absolute atomic E-state index is 12.7. The van der Waals surface area contributed by atoms with Crippen molar-refractivity contribution in [3.8, 4) is 5.75 Å². The first-order valence-corrected chi connectivity index (χ1v) is 8.20. The number of rotatable bonds is 6. The lowest BCUT2D eigenvalue weighted by Gasteiger charge is -2.11. The Morgan fingerprint density at radius 2 is 1.92 bits per heavy atom. The summed E-state index contributed by atoms with van der Waals surface area (Å²) in [4.78, 5) is 12.4. The molecule has 3 nitrogen and oxygen atoms in total. The van der Waals surface area contributed by atoms with Crippen LogP contribution in [0.2, 0.25) is 0 Å². The fourth-order valence-corrected chi connectivity index (χ4v) is 2.70. The number of carbonyl (C=O) groups excluding carboxylic acids is 1. The number of carbonyl (C=O) groups is 1. The number of alkyl halides is 3. The zero-order chi connectivity index (χ0) is 17.6. The number of anilines is 1. The maximum atomic E-state index is 12.7. The lowest BCUT2D eigenvalue weighted by molar-refractivity contribution is -0.137. The Morgan fingerprint density at radius 1 is 1.17 bits per heavy atom. The molecule has 0 fully saturated rings. The number of hydrogen-bond donors (Lipinski definition) is 1. The summed E-state index contributed by atoms with van der Waals surface area (Å²) in [5.41, 5.74) is -0.191. The number of para-hydroxylation sites is 2. The fourth-order valence-electron chi connectivity index (χ4n) is 1.95. The Hall–Kier alpha value is -2.15. The van der Waals surface area contributed by atoms with E-state index in [0.717, 1.165) is 23.9 Å². The molecule has 2 aromatic rings. The van der Waals surface area contributed by atoms with Gasteiger partial charge in [-0.3, -0.25) is 4.79 Å². The molecule has 0 aliphatic heterocycles. The van der Waals surface area contributed by atoms with Crippen LogP contribution in [0, 0.1) is 0 Å². The molecule has 24 heavy (non-hydrogen) atoms. The summed E-state index contributed by atoms with van der Waals surface area (Å²) < 4.78 is 43.4. The van der Waals surface area contributed by atoms with Crippen LogP contribution in [0.1, 0.15) is 12.5 Å². The van der Waals surface area contributed by atoms with Gasteiger partial charge in [0.15, 0.2) is 0 Å². The van der Waals surface area contributed by atoms with Gasteiger partial charge >= 0.3 is 6.18 Å². The number of hydrogen-bond acceptors (Lipinski definition) is 3. The third-order valence-electron chi connectivity index (χ3n) is 2.99. The van der Waals surface area contributed by atoms with Gasteiger partial charge in [0.1, 0.15) is 5.75 Å². The van der Waals surface area contributed by atoms with Crippen molar-refractivity contribution in [3.05, 3.63) is 54.1 Å². The Morgan fingerprint density at radius 3 is 2.62 bits per heavy atom. The molecule has 0 saturated carbocycles. The highest BCUT2D eigenvalue weighted by Gasteiger charge is 2.30. The van der Waals surface area contributed by atoms with Gasteiger partial charge in [-0.05, 0) is 37.3 Å². The minimum atomic E-state index is -4.39. The summed E-state index contributed by atoms with van der Waals surface area (Å²) in [6, 6.07) is 11.9. The third-order valence-corrected chi connectivity index (χ3v) is 3.99. The maximum Gasteiger partial charge on any atom is 0.416 e. The molecule has 1 N–H and O–H groups in total. The molecule has 1 amide bonds. The monoisotopic (exact) mass is 355 g/mol. The minimum absolute atomic E-state index is 0.00176. The first-order chi connectivity index (χ1) is 11.4. The molecular formula is C17H16F3NO2S. The molecule has 2 rings (SSSR count). The summed E-state index contributed by atoms with van der Waals surface area (Å²) in [5, 5.41) is 2.70. The zero-order valence-electron chi connectivity index (χ0n) is 12.9. The number of nitrogens with one attached hydrogen (secondary N) is 1. The van der Waals surface area contributed by atoms with Crippen LogP contribution in [0.4, 0.5) is 18.9 Å². The summed E-state index contributed by atoms with van der Waals surface area (Å²) in [6.45, 7) is 2.30. The van der Waals surface area contributed by atoms with E-state index in [0.29, 0.717) is 22.9 Å². The number of halogens is 3. The van der Waals surface area contributed by atoms with Gasteiger partial charge in [-0.25, -0.2) is 0 Å². The molecule has 0 atom stereocenters. The van der Waals surface area contributed by atoms with Gasteiger partial charge in [-0.2, -0.15) is 13.2 Å². The van der Waals surface area contributed by atoms with Crippen LogP contribution in [0.3, 0.4) is 0 Å². The van der Waals surface area contributed by atoms with Crippen LogP contribution in [-0.4, -0.2) is 18.3 Å². The van der Waals surface area contributed by atoms with Crippen LogP contribution >= 0.6 is 11.8 Å². The molecule has 0 saturated heterocycles. The van der Waals surface area contributed by atoms with Crippen molar-refractivity contribution in [1.82, 2.24) is 0 Å². The average molecular weight is 355 g/mol. The number of thioether (sulfide) groups is 1. The number of amides is 1. The predicted molar refractivity (Wildman–Crippen MR) is 88.4 cm³/mol. The van der Waals surface area contributed by atoms with Gasteiger partial charge in [-0.1, -0.05) is 18.2 Å². The highest BCUT2D eigenvalue weighted by molar-refractivity contribution is 8.00. The Bertz CT molecular complexity index is 704. The number of benzene rings is 2. The van der Waals surface area contributed by atoms with E-state index in [9.17, 15) is 18.0 Å². The van der Waals surface area contributed by atoms with Crippen molar-refractivity contribution in [2.45, 2.75) is 18.0 Å². The van der Waals surface area contributed by atoms with E-state index in [1.807, 2.05) is 6.92 Å². The SMILES string of the molecule is CCOc1ccccc1NC(=O)CSc1cccc(C(F)(F)F)c1. The van der Waals surface area contributed by atoms with Crippen LogP contribution in [-0.2, 0) is 11.0 Å². The van der Waals surface area contributed by atoms with Gasteiger partial charge in [0.2, 0.25) is 5.91 Å². The van der Waals surface area contributed by atoms with Crippen LogP contribution in [0.5, 0.6) is 5.75 Å². The van der Waals surface area contributed by atoms with E-state index >= 15 is 0 Å². The van der Waals surface area contributed by atoms with E-state index < -0.39 is 11.7 Å². The molecular weight excluding hydrogens is 339 g/mol. The molecule has 0 heterocycles. The van der Waals surface area contributed by atoms with E-state index in [1.54, 1.807) is 30.3 Å². The van der Waals surface area contributed by atoms with Gasteiger partial charge in [-0.15, -0.1) is 11.8 Å². The van der Waals surface area contributed by atoms with Gasteiger partial charge < -0.3 is 10.1 Å². The molecule has 0 aliphatic carbocycles. The van der Waals surface area contributed by atoms with Crippen LogP contribution in [0.15, 0.2) is 53.4 Å². The lowest BCUT2D eigenvalue weighted by Crippen LogP contribution is -2.15. The highest BCUT2D eigenvalue weighted by atomic mass is 32.2. The van der Waals surface area contributed by atoms with E-state index in [1.165, 1.54) is 6.07 Å². The topological polar surface area (TPSA) is 38.3 Å². The number of ether oxygens (including phenoxy) is 1. The molecule has 0 bridgehead atoms. The summed E-state index contributed by atoms with van der Waals surface area (Å²) in [5.74, 6) is 0.240. The first kappa shape index (κ1) is 18.2. The molecule has 7 heteroatoms. The highest BCUT2D eigenvalue weighted by Crippen LogP contribution is 2.32. The van der Waals surface area contributed by atoms with Crippen LogP contribution < -0.4 is 10.1 Å². The minimum Gasteiger partial charge on any atom is -0.492 e. The predicted octanol–water partition coefficient (Wildman–Crippen LogP) is 4.83. The fraction of sp³-hybridized carbons (Fsp3) is 0.235. The van der Waals surface area contributed by atoms with Crippen LogP contribution in [0.25, 0.3) is 0 Å². The standard InChI is InChI=1S/C17H16F3NO2S/c1-2-23-15-9-4-3-8-14(15)21-16(22)11-24-13-7-5-6-12(10-13)17(18,19)20/h3-10H,2,11H2,1H3,(H,21,22). The largest absolute Gasteiger partial charge is 0.492 e. The molecule has 0 unspecified atom stereocenters. The van der Waals surface area contributed by atoms with E-state index in [4.69, 9.17) is 4.74 Å². The third kappa shape index (κ3) is 5.19. The van der Waals surface area contributed by atoms with Crippen molar-refractivity contribution in [1.29, 1.82) is 0 Å². The summed E-state index contributed by atoms with van der Waals surface area (Å²) >= 11 is 1.04. The van der Waals surface area contributed by atoms with Crippen molar-refractivity contribution < 1.29 is 22.7 Å². The van der Waals surface area contributed by atoms with Crippen molar-refractivity contribution in [3.63, 3.8) is 0 Å². The van der Waals surface area contributed by atoms with Crippen molar-refractivity contribution in [2.75, 3.05) is 17.7 Å². The van der Waals surface area contributed by atoms with Gasteiger partial charge in [0.05, 0.1) is 23.6 Å². The second-order valence-electron chi connectivity index (χ2n) is 4.79. The normalized spacial score (nSPS) is 11.2. The van der Waals surface area contributed by atoms with Crippen molar-refractivity contribution in [2.24, 2.45) is 0 Å². The van der Waals surface area contributed by atoms with Gasteiger partial charge in [0.25, 0.3) is 0 Å². The van der Waals surface area contributed by atoms with E-state index in [-0.39, 0.29) is 11.7 Å². The molecule has 0 aromatic heterocycles. The first-order valence-electron chi connectivity index (χ1n) is 7.22. The summed E-state index contributed by atoms with van der Waals surface area (Å²) in [6.07, 6.45) is -4.39. The Balaban J connectivity index is 1.97. The second kappa shape index (κ2) is 8.10.